The molecule has 1 aliphatic rings. The van der Waals surface area contributed by atoms with E-state index in [1.165, 1.54) is 0 Å². The number of benzene rings is 2. The van der Waals surface area contributed by atoms with Crippen LogP contribution in [0, 0.1) is 6.92 Å². The van der Waals surface area contributed by atoms with E-state index in [0.29, 0.717) is 10.6 Å². The van der Waals surface area contributed by atoms with Crippen molar-refractivity contribution in [2.45, 2.75) is 6.92 Å². The Morgan fingerprint density at radius 3 is 2.62 bits per heavy atom. The molecule has 0 saturated carbocycles. The number of anilines is 2. The molecule has 1 saturated heterocycles. The van der Waals surface area contributed by atoms with E-state index in [0.717, 1.165) is 58.6 Å². The molecule has 0 bridgehead atoms. The summed E-state index contributed by atoms with van der Waals surface area (Å²) in [5.74, 6) is 0.774. The molecule has 0 radical (unpaired) electrons. The minimum Gasteiger partial charge on any atom is -0.354 e. The summed E-state index contributed by atoms with van der Waals surface area (Å²) in [6.07, 6.45) is 0. The summed E-state index contributed by atoms with van der Waals surface area (Å²) < 4.78 is 0.807. The monoisotopic (exact) mass is 472 g/mol. The van der Waals surface area contributed by atoms with E-state index in [-0.39, 0.29) is 5.91 Å². The number of carbonyl (C=O) groups excluding carboxylic acids is 1. The highest BCUT2D eigenvalue weighted by Crippen LogP contribution is 2.27. The maximum absolute atomic E-state index is 12.7. The molecule has 0 unspecified atom stereocenters. The van der Waals surface area contributed by atoms with Crippen molar-refractivity contribution in [3.05, 3.63) is 63.1 Å². The van der Waals surface area contributed by atoms with Crippen LogP contribution in [0.15, 0.2) is 46.9 Å². The van der Waals surface area contributed by atoms with Crippen LogP contribution < -0.4 is 10.2 Å². The van der Waals surface area contributed by atoms with Crippen molar-refractivity contribution in [3.63, 3.8) is 0 Å². The lowest BCUT2D eigenvalue weighted by molar-refractivity contribution is 0.102. The molecule has 2 heterocycles. The first-order valence-corrected chi connectivity index (χ1v) is 10.7. The molecular formula is C22H22BrClN4O. The third kappa shape index (κ3) is 4.39. The number of fused-ring (bicyclic) bond motifs is 1. The summed E-state index contributed by atoms with van der Waals surface area (Å²) in [6, 6.07) is 13.2. The van der Waals surface area contributed by atoms with Crippen LogP contribution in [-0.4, -0.2) is 49.0 Å². The number of hydrogen-bond acceptors (Lipinski definition) is 4. The fraction of sp³-hybridized carbons (Fsp3) is 0.273. The maximum atomic E-state index is 12.7. The summed E-state index contributed by atoms with van der Waals surface area (Å²) in [5, 5.41) is 4.39. The number of rotatable bonds is 3. The molecule has 1 fully saturated rings. The number of carbonyl (C=O) groups is 1. The molecule has 0 atom stereocenters. The molecule has 1 aromatic heterocycles. The number of likely N-dealkylation sites (N-methyl/N-ethyl adjacent to an activating group) is 1. The van der Waals surface area contributed by atoms with Crippen molar-refractivity contribution in [1.29, 1.82) is 0 Å². The summed E-state index contributed by atoms with van der Waals surface area (Å²) in [6.45, 7) is 6.14. The molecule has 5 nitrogen and oxygen atoms in total. The lowest BCUT2D eigenvalue weighted by Crippen LogP contribution is -2.44. The molecule has 1 N–H and O–H groups in total. The molecular weight excluding hydrogens is 452 g/mol. The van der Waals surface area contributed by atoms with Crippen molar-refractivity contribution in [2.75, 3.05) is 43.4 Å². The van der Waals surface area contributed by atoms with Gasteiger partial charge in [0.25, 0.3) is 5.91 Å². The normalized spacial score (nSPS) is 15.0. The number of piperazine rings is 1. The zero-order valence-corrected chi connectivity index (χ0v) is 18.7. The maximum Gasteiger partial charge on any atom is 0.257 e. The number of halogens is 2. The smallest absolute Gasteiger partial charge is 0.257 e. The minimum atomic E-state index is -0.240. The van der Waals surface area contributed by atoms with Gasteiger partial charge in [0.2, 0.25) is 0 Å². The Bertz CT molecular complexity index is 1080. The fourth-order valence-electron chi connectivity index (χ4n) is 3.52. The van der Waals surface area contributed by atoms with Crippen molar-refractivity contribution in [1.82, 2.24) is 9.88 Å². The van der Waals surface area contributed by atoms with Gasteiger partial charge >= 0.3 is 0 Å². The second kappa shape index (κ2) is 8.30. The Morgan fingerprint density at radius 1 is 1.10 bits per heavy atom. The van der Waals surface area contributed by atoms with Crippen LogP contribution >= 0.6 is 27.5 Å². The molecule has 1 aliphatic heterocycles. The van der Waals surface area contributed by atoms with Gasteiger partial charge in [0.15, 0.2) is 0 Å². The van der Waals surface area contributed by atoms with E-state index in [1.807, 2.05) is 24.3 Å². The SMILES string of the molecule is Cc1cc(N2CCN(C)CC2)nc2ccc(NC(=O)c3cc(Br)ccc3Cl)cc12. The third-order valence-corrected chi connectivity index (χ3v) is 6.08. The Morgan fingerprint density at radius 2 is 1.86 bits per heavy atom. The van der Waals surface area contributed by atoms with E-state index in [1.54, 1.807) is 12.1 Å². The van der Waals surface area contributed by atoms with Crippen LogP contribution in [0.2, 0.25) is 5.02 Å². The Kier molecular flexibility index (Phi) is 5.76. The average molecular weight is 474 g/mol. The van der Waals surface area contributed by atoms with Crippen molar-refractivity contribution < 1.29 is 4.79 Å². The Labute approximate surface area is 183 Å². The highest BCUT2D eigenvalue weighted by molar-refractivity contribution is 9.10. The third-order valence-electron chi connectivity index (χ3n) is 5.26. The lowest BCUT2D eigenvalue weighted by atomic mass is 10.1. The number of amides is 1. The van der Waals surface area contributed by atoms with Crippen LogP contribution in [0.3, 0.4) is 0 Å². The topological polar surface area (TPSA) is 48.5 Å². The van der Waals surface area contributed by atoms with Crippen LogP contribution in [0.4, 0.5) is 11.5 Å². The van der Waals surface area contributed by atoms with Crippen LogP contribution in [0.5, 0.6) is 0 Å². The average Bonchev–Trinajstić information content (AvgIpc) is 2.70. The molecule has 0 aliphatic carbocycles. The van der Waals surface area contributed by atoms with Gasteiger partial charge in [-0.2, -0.15) is 0 Å². The zero-order valence-electron chi connectivity index (χ0n) is 16.4. The van der Waals surface area contributed by atoms with Crippen molar-refractivity contribution >= 4 is 55.8 Å². The molecule has 7 heteroatoms. The van der Waals surface area contributed by atoms with Crippen molar-refractivity contribution in [3.8, 4) is 0 Å². The summed E-state index contributed by atoms with van der Waals surface area (Å²) >= 11 is 9.56. The Hall–Kier alpha value is -2.15. The highest BCUT2D eigenvalue weighted by Gasteiger charge is 2.17. The van der Waals surface area contributed by atoms with E-state index in [2.05, 4.69) is 51.1 Å². The van der Waals surface area contributed by atoms with E-state index in [9.17, 15) is 4.79 Å². The van der Waals surface area contributed by atoms with Gasteiger partial charge in [0, 0.05) is 41.7 Å². The molecule has 150 valence electrons. The standard InChI is InChI=1S/C22H22BrClN4O/c1-14-11-21(28-9-7-27(2)8-10-28)26-20-6-4-16(13-17(14)20)25-22(29)18-12-15(23)3-5-19(18)24/h3-6,11-13H,7-10H2,1-2H3,(H,25,29). The number of hydrogen-bond donors (Lipinski definition) is 1. The summed E-state index contributed by atoms with van der Waals surface area (Å²) in [4.78, 5) is 22.2. The number of aromatic nitrogens is 1. The second-order valence-electron chi connectivity index (χ2n) is 7.40. The highest BCUT2D eigenvalue weighted by atomic mass is 79.9. The van der Waals surface area contributed by atoms with Crippen LogP contribution in [-0.2, 0) is 0 Å². The van der Waals surface area contributed by atoms with E-state index < -0.39 is 0 Å². The summed E-state index contributed by atoms with van der Waals surface area (Å²) in [5.41, 5.74) is 3.22. The van der Waals surface area contributed by atoms with Gasteiger partial charge in [-0.25, -0.2) is 4.98 Å². The molecule has 4 rings (SSSR count). The van der Waals surface area contributed by atoms with Gasteiger partial charge in [-0.05, 0) is 62.0 Å². The van der Waals surface area contributed by atoms with Gasteiger partial charge < -0.3 is 15.1 Å². The molecule has 2 aromatic carbocycles. The number of nitrogens with one attached hydrogen (secondary N) is 1. The number of aryl methyl sites for hydroxylation is 1. The van der Waals surface area contributed by atoms with Gasteiger partial charge in [-0.3, -0.25) is 4.79 Å². The minimum absolute atomic E-state index is 0.240. The van der Waals surface area contributed by atoms with Gasteiger partial charge in [0.1, 0.15) is 5.82 Å². The Balaban J connectivity index is 1.59. The lowest BCUT2D eigenvalue weighted by Gasteiger charge is -2.33. The quantitative estimate of drug-likeness (QED) is 0.584. The van der Waals surface area contributed by atoms with Crippen LogP contribution in [0.25, 0.3) is 10.9 Å². The number of pyridine rings is 1. The van der Waals surface area contributed by atoms with E-state index in [4.69, 9.17) is 16.6 Å². The van der Waals surface area contributed by atoms with Crippen molar-refractivity contribution in [2.24, 2.45) is 0 Å². The van der Waals surface area contributed by atoms with Crippen LogP contribution in [0.1, 0.15) is 15.9 Å². The van der Waals surface area contributed by atoms with Gasteiger partial charge in [0.05, 0.1) is 16.1 Å². The number of nitrogens with zero attached hydrogens (tertiary/aromatic N) is 3. The first kappa shape index (κ1) is 20.1. The predicted molar refractivity (Wildman–Crippen MR) is 123 cm³/mol. The fourth-order valence-corrected chi connectivity index (χ4v) is 4.09. The van der Waals surface area contributed by atoms with Gasteiger partial charge in [-0.1, -0.05) is 27.5 Å². The largest absolute Gasteiger partial charge is 0.354 e. The van der Waals surface area contributed by atoms with E-state index >= 15 is 0 Å². The van der Waals surface area contributed by atoms with Gasteiger partial charge in [-0.15, -0.1) is 0 Å². The first-order chi connectivity index (χ1) is 13.9. The first-order valence-electron chi connectivity index (χ1n) is 9.52. The predicted octanol–water partition coefficient (Wildman–Crippen LogP) is 4.96. The molecule has 29 heavy (non-hydrogen) atoms. The second-order valence-corrected chi connectivity index (χ2v) is 8.72. The molecule has 0 spiro atoms. The molecule has 3 aromatic rings. The zero-order chi connectivity index (χ0) is 20.5. The molecule has 1 amide bonds. The summed E-state index contributed by atoms with van der Waals surface area (Å²) in [7, 11) is 2.15.